The van der Waals surface area contributed by atoms with Gasteiger partial charge in [0.05, 0.1) is 5.92 Å². The van der Waals surface area contributed by atoms with Gasteiger partial charge >= 0.3 is 5.97 Å². The number of esters is 1. The molecule has 1 heterocycles. The van der Waals surface area contributed by atoms with Gasteiger partial charge in [0.1, 0.15) is 6.61 Å². The van der Waals surface area contributed by atoms with Crippen LogP contribution in [0.2, 0.25) is 0 Å². The molecule has 7 heteroatoms. The van der Waals surface area contributed by atoms with Crippen LogP contribution in [0.4, 0.5) is 5.69 Å². The Morgan fingerprint density at radius 1 is 1.14 bits per heavy atom. The zero-order valence-corrected chi connectivity index (χ0v) is 16.9. The van der Waals surface area contributed by atoms with Crippen molar-refractivity contribution in [2.45, 2.75) is 47.1 Å². The summed E-state index contributed by atoms with van der Waals surface area (Å²) < 4.78 is 5.16. The lowest BCUT2D eigenvalue weighted by Gasteiger charge is -2.16. The highest BCUT2D eigenvalue weighted by Gasteiger charge is 2.39. The minimum Gasteiger partial charge on any atom is -0.461 e. The molecule has 28 heavy (non-hydrogen) atoms. The predicted molar refractivity (Wildman–Crippen MR) is 104 cm³/mol. The van der Waals surface area contributed by atoms with E-state index in [4.69, 9.17) is 4.74 Å². The Bertz CT molecular complexity index is 740. The van der Waals surface area contributed by atoms with Gasteiger partial charge in [-0.2, -0.15) is 0 Å². The highest BCUT2D eigenvalue weighted by molar-refractivity contribution is 6.04. The summed E-state index contributed by atoms with van der Waals surface area (Å²) in [5.41, 5.74) is 1.42. The van der Waals surface area contributed by atoms with Crippen LogP contribution in [0.1, 0.15) is 46.1 Å². The Balaban J connectivity index is 1.81. The topological polar surface area (TPSA) is 92.8 Å². The normalized spacial score (nSPS) is 16.8. The fourth-order valence-electron chi connectivity index (χ4n) is 2.91. The van der Waals surface area contributed by atoms with Crippen LogP contribution in [0, 0.1) is 17.8 Å². The van der Waals surface area contributed by atoms with E-state index in [1.54, 1.807) is 38.1 Å². The third kappa shape index (κ3) is 5.65. The summed E-state index contributed by atoms with van der Waals surface area (Å²) >= 11 is 0. The SMILES string of the molecule is CC(C)C(=O)OCc1ccc(NC(=O)CCN2C(=O)CC(C(C)C)C2=O)cc1. The average molecular weight is 388 g/mol. The number of amides is 3. The molecule has 7 nitrogen and oxygen atoms in total. The molecule has 1 N–H and O–H groups in total. The maximum atomic E-state index is 12.3. The first-order valence-corrected chi connectivity index (χ1v) is 9.58. The molecule has 0 spiro atoms. The van der Waals surface area contributed by atoms with Crippen molar-refractivity contribution in [3.8, 4) is 0 Å². The Morgan fingerprint density at radius 3 is 2.32 bits per heavy atom. The lowest BCUT2D eigenvalue weighted by atomic mass is 9.94. The van der Waals surface area contributed by atoms with Gasteiger partial charge in [-0.05, 0) is 23.6 Å². The quantitative estimate of drug-likeness (QED) is 0.546. The summed E-state index contributed by atoms with van der Waals surface area (Å²) in [5, 5.41) is 2.74. The van der Waals surface area contributed by atoms with Crippen molar-refractivity contribution >= 4 is 29.4 Å². The molecule has 1 aromatic rings. The van der Waals surface area contributed by atoms with Gasteiger partial charge in [-0.25, -0.2) is 0 Å². The van der Waals surface area contributed by atoms with Gasteiger partial charge in [0.25, 0.3) is 0 Å². The van der Waals surface area contributed by atoms with Crippen molar-refractivity contribution in [3.63, 3.8) is 0 Å². The van der Waals surface area contributed by atoms with E-state index < -0.39 is 0 Å². The van der Waals surface area contributed by atoms with Crippen LogP contribution in [0.3, 0.4) is 0 Å². The number of benzene rings is 1. The highest BCUT2D eigenvalue weighted by Crippen LogP contribution is 2.26. The number of hydrogen-bond donors (Lipinski definition) is 1. The molecule has 1 saturated heterocycles. The zero-order chi connectivity index (χ0) is 20.8. The minimum atomic E-state index is -0.284. The molecule has 1 unspecified atom stereocenters. The van der Waals surface area contributed by atoms with Crippen LogP contribution < -0.4 is 5.32 Å². The molecule has 0 aliphatic carbocycles. The Hall–Kier alpha value is -2.70. The number of likely N-dealkylation sites (tertiary alicyclic amines) is 1. The lowest BCUT2D eigenvalue weighted by Crippen LogP contribution is -2.34. The first-order chi connectivity index (χ1) is 13.2. The van der Waals surface area contributed by atoms with Gasteiger partial charge in [0.15, 0.2) is 0 Å². The molecule has 1 fully saturated rings. The van der Waals surface area contributed by atoms with Gasteiger partial charge in [-0.1, -0.05) is 39.8 Å². The number of ether oxygens (including phenoxy) is 1. The van der Waals surface area contributed by atoms with Gasteiger partial charge in [0, 0.05) is 31.0 Å². The number of rotatable bonds is 8. The van der Waals surface area contributed by atoms with E-state index in [2.05, 4.69) is 5.32 Å². The molecule has 1 aliphatic heterocycles. The van der Waals surface area contributed by atoms with Crippen LogP contribution in [-0.4, -0.2) is 35.1 Å². The third-order valence-corrected chi connectivity index (χ3v) is 4.74. The van der Waals surface area contributed by atoms with Crippen LogP contribution >= 0.6 is 0 Å². The number of carbonyl (C=O) groups excluding carboxylic acids is 4. The van der Waals surface area contributed by atoms with E-state index in [0.29, 0.717) is 5.69 Å². The Labute approximate surface area is 165 Å². The van der Waals surface area contributed by atoms with Gasteiger partial charge in [-0.15, -0.1) is 0 Å². The first kappa shape index (κ1) is 21.6. The van der Waals surface area contributed by atoms with Crippen LogP contribution in [0.5, 0.6) is 0 Å². The predicted octanol–water partition coefficient (Wildman–Crippen LogP) is 2.75. The van der Waals surface area contributed by atoms with Crippen LogP contribution in [0.25, 0.3) is 0 Å². The molecule has 2 rings (SSSR count). The largest absolute Gasteiger partial charge is 0.461 e. The minimum absolute atomic E-state index is 0.0516. The van der Waals surface area contributed by atoms with Gasteiger partial charge in [-0.3, -0.25) is 24.1 Å². The number of hydrogen-bond acceptors (Lipinski definition) is 5. The number of nitrogens with zero attached hydrogens (tertiary/aromatic N) is 1. The summed E-state index contributed by atoms with van der Waals surface area (Å²) in [6.45, 7) is 7.65. The van der Waals surface area contributed by atoms with E-state index in [0.717, 1.165) is 5.56 Å². The molecule has 0 saturated carbocycles. The number of nitrogens with one attached hydrogen (secondary N) is 1. The fraction of sp³-hybridized carbons (Fsp3) is 0.524. The van der Waals surface area contributed by atoms with E-state index in [1.165, 1.54) is 4.90 Å². The standard InChI is InChI=1S/C21H28N2O5/c1-13(2)17-11-19(25)23(20(17)26)10-9-18(24)22-16-7-5-15(6-8-16)12-28-21(27)14(3)4/h5-8,13-14,17H,9-12H2,1-4H3,(H,22,24). The maximum Gasteiger partial charge on any atom is 0.308 e. The van der Waals surface area contributed by atoms with Crippen molar-refractivity contribution < 1.29 is 23.9 Å². The lowest BCUT2D eigenvalue weighted by molar-refractivity contribution is -0.148. The molecule has 152 valence electrons. The second kappa shape index (κ2) is 9.48. The molecule has 1 aliphatic rings. The monoisotopic (exact) mass is 388 g/mol. The second-order valence-electron chi connectivity index (χ2n) is 7.70. The molecule has 1 aromatic carbocycles. The Kier molecular flexibility index (Phi) is 7.31. The van der Waals surface area contributed by atoms with E-state index >= 15 is 0 Å². The summed E-state index contributed by atoms with van der Waals surface area (Å²) in [5.74, 6) is -1.29. The highest BCUT2D eigenvalue weighted by atomic mass is 16.5. The maximum absolute atomic E-state index is 12.3. The smallest absolute Gasteiger partial charge is 0.308 e. The van der Waals surface area contributed by atoms with E-state index in [1.807, 2.05) is 13.8 Å². The third-order valence-electron chi connectivity index (χ3n) is 4.74. The van der Waals surface area contributed by atoms with Gasteiger partial charge in [0.2, 0.25) is 17.7 Å². The number of anilines is 1. The molecular weight excluding hydrogens is 360 g/mol. The molecule has 3 amide bonds. The van der Waals surface area contributed by atoms with Crippen LogP contribution in [-0.2, 0) is 30.5 Å². The molecule has 0 aromatic heterocycles. The van der Waals surface area contributed by atoms with E-state index in [9.17, 15) is 19.2 Å². The molecule has 0 radical (unpaired) electrons. The van der Waals surface area contributed by atoms with Gasteiger partial charge < -0.3 is 10.1 Å². The van der Waals surface area contributed by atoms with Crippen molar-refractivity contribution in [2.75, 3.05) is 11.9 Å². The molecule has 0 bridgehead atoms. The Morgan fingerprint density at radius 2 is 1.79 bits per heavy atom. The summed E-state index contributed by atoms with van der Waals surface area (Å²) in [7, 11) is 0. The number of carbonyl (C=O) groups is 4. The zero-order valence-electron chi connectivity index (χ0n) is 16.9. The average Bonchev–Trinajstić information content (AvgIpc) is 2.93. The molecular formula is C21H28N2O5. The summed E-state index contributed by atoms with van der Waals surface area (Å²) in [6, 6.07) is 6.97. The molecule has 1 atom stereocenters. The summed E-state index contributed by atoms with van der Waals surface area (Å²) in [4.78, 5) is 49.1. The number of imide groups is 1. The first-order valence-electron chi connectivity index (χ1n) is 9.58. The summed E-state index contributed by atoms with van der Waals surface area (Å²) in [6.07, 6.45) is 0.275. The van der Waals surface area contributed by atoms with E-state index in [-0.39, 0.29) is 67.4 Å². The van der Waals surface area contributed by atoms with Crippen molar-refractivity contribution in [1.82, 2.24) is 4.90 Å². The second-order valence-corrected chi connectivity index (χ2v) is 7.70. The van der Waals surface area contributed by atoms with Crippen molar-refractivity contribution in [2.24, 2.45) is 17.8 Å². The van der Waals surface area contributed by atoms with Crippen LogP contribution in [0.15, 0.2) is 24.3 Å². The fourth-order valence-corrected chi connectivity index (χ4v) is 2.91. The van der Waals surface area contributed by atoms with Crippen molar-refractivity contribution in [3.05, 3.63) is 29.8 Å². The van der Waals surface area contributed by atoms with Crippen molar-refractivity contribution in [1.29, 1.82) is 0 Å².